The molecule has 0 atom stereocenters. The summed E-state index contributed by atoms with van der Waals surface area (Å²) in [6.45, 7) is 0. The fourth-order valence-electron chi connectivity index (χ4n) is 2.87. The molecule has 0 aliphatic rings. The number of nitrogens with one attached hydrogen (secondary N) is 2. The number of carbonyl (C=O) groups is 1. The molecule has 2 heterocycles. The van der Waals surface area contributed by atoms with Crippen LogP contribution in [-0.4, -0.2) is 25.8 Å². The number of hydrogen-bond donors (Lipinski definition) is 2. The minimum absolute atomic E-state index is 0.0706. The number of nitro groups is 1. The van der Waals surface area contributed by atoms with Crippen LogP contribution in [0, 0.1) is 10.1 Å². The van der Waals surface area contributed by atoms with Crippen LogP contribution in [-0.2, 0) is 0 Å². The van der Waals surface area contributed by atoms with Crippen molar-refractivity contribution < 1.29 is 9.72 Å². The summed E-state index contributed by atoms with van der Waals surface area (Å²) in [5.74, 6) is 0.231. The summed E-state index contributed by atoms with van der Waals surface area (Å²) < 4.78 is 0. The molecule has 0 radical (unpaired) electrons. The van der Waals surface area contributed by atoms with Crippen LogP contribution in [0.25, 0.3) is 11.3 Å². The van der Waals surface area contributed by atoms with E-state index in [-0.39, 0.29) is 11.6 Å². The van der Waals surface area contributed by atoms with Crippen molar-refractivity contribution in [3.63, 3.8) is 0 Å². The van der Waals surface area contributed by atoms with Crippen molar-refractivity contribution in [2.75, 3.05) is 10.6 Å². The Labute approximate surface area is 177 Å². The van der Waals surface area contributed by atoms with Crippen LogP contribution in [0.3, 0.4) is 0 Å². The summed E-state index contributed by atoms with van der Waals surface area (Å²) in [4.78, 5) is 35.2. The lowest BCUT2D eigenvalue weighted by molar-refractivity contribution is -0.384. The molecule has 152 valence electrons. The maximum atomic E-state index is 12.4. The molecule has 4 aromatic rings. The smallest absolute Gasteiger partial charge is 0.269 e. The zero-order valence-electron chi connectivity index (χ0n) is 16.1. The Hall–Kier alpha value is -4.66. The monoisotopic (exact) mass is 412 g/mol. The average Bonchev–Trinajstić information content (AvgIpc) is 2.80. The van der Waals surface area contributed by atoms with Crippen LogP contribution in [0.15, 0.2) is 85.5 Å². The van der Waals surface area contributed by atoms with E-state index in [1.165, 1.54) is 30.6 Å². The minimum Gasteiger partial charge on any atom is -0.340 e. The zero-order valence-corrected chi connectivity index (χ0v) is 16.1. The Morgan fingerprint density at radius 3 is 2.39 bits per heavy atom. The molecule has 0 unspecified atom stereocenters. The summed E-state index contributed by atoms with van der Waals surface area (Å²) >= 11 is 0. The van der Waals surface area contributed by atoms with Gasteiger partial charge in [-0.2, -0.15) is 0 Å². The van der Waals surface area contributed by atoms with Gasteiger partial charge < -0.3 is 10.6 Å². The fourth-order valence-corrected chi connectivity index (χ4v) is 2.87. The Balaban J connectivity index is 1.47. The highest BCUT2D eigenvalue weighted by Gasteiger charge is 2.10. The van der Waals surface area contributed by atoms with Crippen molar-refractivity contribution >= 4 is 28.8 Å². The first-order chi connectivity index (χ1) is 15.1. The topological polar surface area (TPSA) is 123 Å². The normalized spacial score (nSPS) is 10.3. The first kappa shape index (κ1) is 19.6. The maximum absolute atomic E-state index is 12.4. The van der Waals surface area contributed by atoms with Crippen molar-refractivity contribution in [3.8, 4) is 11.3 Å². The lowest BCUT2D eigenvalue weighted by Gasteiger charge is -2.10. The van der Waals surface area contributed by atoms with Gasteiger partial charge >= 0.3 is 0 Å². The van der Waals surface area contributed by atoms with E-state index < -0.39 is 4.92 Å². The summed E-state index contributed by atoms with van der Waals surface area (Å²) in [7, 11) is 0. The SMILES string of the molecule is O=C(Nc1cccc(Nc2cc(-c3ccncc3)ncn2)c1)c1ccc([N+](=O)[O-])cc1. The summed E-state index contributed by atoms with van der Waals surface area (Å²) in [6.07, 6.45) is 4.86. The van der Waals surface area contributed by atoms with Crippen molar-refractivity contribution in [3.05, 3.63) is 101 Å². The number of non-ortho nitro benzene ring substituents is 1. The number of pyridine rings is 1. The third kappa shape index (κ3) is 4.85. The number of nitro benzene ring substituents is 1. The number of amides is 1. The second kappa shape index (κ2) is 8.78. The highest BCUT2D eigenvalue weighted by Crippen LogP contribution is 2.23. The van der Waals surface area contributed by atoms with E-state index in [1.807, 2.05) is 24.3 Å². The van der Waals surface area contributed by atoms with Gasteiger partial charge in [0, 0.05) is 53.1 Å². The molecule has 2 aromatic heterocycles. The van der Waals surface area contributed by atoms with Gasteiger partial charge in [-0.05, 0) is 42.5 Å². The van der Waals surface area contributed by atoms with Gasteiger partial charge in [0.05, 0.1) is 10.6 Å². The Kier molecular flexibility index (Phi) is 5.57. The second-order valence-corrected chi connectivity index (χ2v) is 6.49. The van der Waals surface area contributed by atoms with E-state index in [1.54, 1.807) is 30.6 Å². The summed E-state index contributed by atoms with van der Waals surface area (Å²) in [5, 5.41) is 16.7. The Morgan fingerprint density at radius 1 is 0.903 bits per heavy atom. The van der Waals surface area contributed by atoms with E-state index in [0.29, 0.717) is 17.1 Å². The van der Waals surface area contributed by atoms with Crippen LogP contribution >= 0.6 is 0 Å². The molecule has 4 rings (SSSR count). The maximum Gasteiger partial charge on any atom is 0.269 e. The van der Waals surface area contributed by atoms with Crippen molar-refractivity contribution in [2.24, 2.45) is 0 Å². The third-order valence-corrected chi connectivity index (χ3v) is 4.38. The predicted octanol–water partition coefficient (Wildman–Crippen LogP) is 4.44. The average molecular weight is 412 g/mol. The fraction of sp³-hybridized carbons (Fsp3) is 0. The molecule has 1 amide bonds. The van der Waals surface area contributed by atoms with Crippen LogP contribution in [0.5, 0.6) is 0 Å². The van der Waals surface area contributed by atoms with Crippen LogP contribution < -0.4 is 10.6 Å². The van der Waals surface area contributed by atoms with Gasteiger partial charge in [-0.3, -0.25) is 19.9 Å². The van der Waals surface area contributed by atoms with E-state index >= 15 is 0 Å². The molecule has 0 fully saturated rings. The van der Waals surface area contributed by atoms with Crippen molar-refractivity contribution in [1.29, 1.82) is 0 Å². The molecule has 2 aromatic carbocycles. The largest absolute Gasteiger partial charge is 0.340 e. The number of rotatable bonds is 6. The molecule has 0 bridgehead atoms. The van der Waals surface area contributed by atoms with Gasteiger partial charge in [0.1, 0.15) is 12.1 Å². The molecule has 0 aliphatic carbocycles. The third-order valence-electron chi connectivity index (χ3n) is 4.38. The molecule has 9 heteroatoms. The molecular formula is C22H16N6O3. The Bertz CT molecular complexity index is 1230. The number of hydrogen-bond acceptors (Lipinski definition) is 7. The van der Waals surface area contributed by atoms with Gasteiger partial charge in [0.15, 0.2) is 0 Å². The van der Waals surface area contributed by atoms with Crippen LogP contribution in [0.1, 0.15) is 10.4 Å². The van der Waals surface area contributed by atoms with Crippen LogP contribution in [0.2, 0.25) is 0 Å². The number of nitrogens with zero attached hydrogens (tertiary/aromatic N) is 4. The standard InChI is InChI=1S/C22H16N6O3/c29-22(16-4-6-19(7-5-16)28(30)31)27-18-3-1-2-17(12-18)26-21-13-20(24-14-25-21)15-8-10-23-11-9-15/h1-14H,(H,27,29)(H,24,25,26). The van der Waals surface area contributed by atoms with Crippen LogP contribution in [0.4, 0.5) is 22.9 Å². The van der Waals surface area contributed by atoms with Crippen molar-refractivity contribution in [2.45, 2.75) is 0 Å². The number of anilines is 3. The number of carbonyl (C=O) groups excluding carboxylic acids is 1. The minimum atomic E-state index is -0.510. The van der Waals surface area contributed by atoms with E-state index in [4.69, 9.17) is 0 Å². The lowest BCUT2D eigenvalue weighted by atomic mass is 10.2. The molecule has 0 spiro atoms. The molecule has 2 N–H and O–H groups in total. The predicted molar refractivity (Wildman–Crippen MR) is 116 cm³/mol. The number of aromatic nitrogens is 3. The van der Waals surface area contributed by atoms with Gasteiger partial charge in [0.2, 0.25) is 0 Å². The van der Waals surface area contributed by atoms with E-state index in [2.05, 4.69) is 25.6 Å². The molecule has 0 aliphatic heterocycles. The Morgan fingerprint density at radius 2 is 1.65 bits per heavy atom. The molecule has 0 saturated carbocycles. The molecular weight excluding hydrogens is 396 g/mol. The molecule has 0 saturated heterocycles. The molecule has 9 nitrogen and oxygen atoms in total. The number of benzene rings is 2. The summed E-state index contributed by atoms with van der Waals surface area (Å²) in [6, 6.07) is 18.1. The van der Waals surface area contributed by atoms with Gasteiger partial charge in [-0.15, -0.1) is 0 Å². The van der Waals surface area contributed by atoms with Gasteiger partial charge in [0.25, 0.3) is 11.6 Å². The van der Waals surface area contributed by atoms with E-state index in [9.17, 15) is 14.9 Å². The first-order valence-electron chi connectivity index (χ1n) is 9.24. The van der Waals surface area contributed by atoms with Gasteiger partial charge in [-0.1, -0.05) is 6.07 Å². The molecule has 31 heavy (non-hydrogen) atoms. The summed E-state index contributed by atoms with van der Waals surface area (Å²) in [5.41, 5.74) is 3.21. The van der Waals surface area contributed by atoms with Crippen molar-refractivity contribution in [1.82, 2.24) is 15.0 Å². The second-order valence-electron chi connectivity index (χ2n) is 6.49. The lowest BCUT2D eigenvalue weighted by Crippen LogP contribution is -2.12. The van der Waals surface area contributed by atoms with E-state index in [0.717, 1.165) is 16.9 Å². The first-order valence-corrected chi connectivity index (χ1v) is 9.24. The highest BCUT2D eigenvalue weighted by molar-refractivity contribution is 6.04. The van der Waals surface area contributed by atoms with Gasteiger partial charge in [-0.25, -0.2) is 9.97 Å². The zero-order chi connectivity index (χ0) is 21.6. The quantitative estimate of drug-likeness (QED) is 0.354. The highest BCUT2D eigenvalue weighted by atomic mass is 16.6.